The molecule has 1 aliphatic heterocycles. The van der Waals surface area contributed by atoms with E-state index < -0.39 is 10.0 Å². The zero-order chi connectivity index (χ0) is 15.5. The average molecular weight is 314 g/mol. The topological polar surface area (TPSA) is 87.3 Å². The van der Waals surface area contributed by atoms with E-state index in [4.69, 9.17) is 4.74 Å². The molecule has 0 fully saturated rings. The second-order valence-electron chi connectivity index (χ2n) is 5.06. The van der Waals surface area contributed by atoms with Crippen LogP contribution in [0.2, 0.25) is 0 Å². The molecule has 0 aliphatic carbocycles. The summed E-state index contributed by atoms with van der Waals surface area (Å²) in [5.41, 5.74) is 2.25. The van der Waals surface area contributed by atoms with Crippen molar-refractivity contribution in [1.29, 1.82) is 0 Å². The van der Waals surface area contributed by atoms with Crippen LogP contribution in [0.1, 0.15) is 17.8 Å². The van der Waals surface area contributed by atoms with Gasteiger partial charge in [0.1, 0.15) is 4.90 Å². The number of aromatic amines is 1. The highest BCUT2D eigenvalue weighted by Gasteiger charge is 2.31. The Bertz CT molecular complexity index is 621. The zero-order valence-corrected chi connectivity index (χ0v) is 13.5. The molecule has 2 N–H and O–H groups in total. The molecule has 0 spiro atoms. The van der Waals surface area contributed by atoms with Gasteiger partial charge in [-0.2, -0.15) is 9.40 Å². The first kappa shape index (κ1) is 16.2. The summed E-state index contributed by atoms with van der Waals surface area (Å²) >= 11 is 0. The minimum Gasteiger partial charge on any atom is -0.380 e. The number of hydrogen-bond acceptors (Lipinski definition) is 5. The molecule has 2 rings (SSSR count). The Morgan fingerprint density at radius 1 is 1.52 bits per heavy atom. The average Bonchev–Trinajstić information content (AvgIpc) is 2.82. The van der Waals surface area contributed by atoms with E-state index in [9.17, 15) is 8.42 Å². The van der Waals surface area contributed by atoms with E-state index in [0.717, 1.165) is 5.57 Å². The molecule has 0 bridgehead atoms. The Balaban J connectivity index is 2.26. The summed E-state index contributed by atoms with van der Waals surface area (Å²) in [5, 5.41) is 9.79. The van der Waals surface area contributed by atoms with Crippen LogP contribution in [0.4, 0.5) is 0 Å². The fourth-order valence-electron chi connectivity index (χ4n) is 2.46. The molecular formula is C13H22N4O3S. The Morgan fingerprint density at radius 2 is 2.29 bits per heavy atom. The minimum absolute atomic E-state index is 0.292. The van der Waals surface area contributed by atoms with E-state index >= 15 is 0 Å². The van der Waals surface area contributed by atoms with Crippen molar-refractivity contribution in [3.8, 4) is 0 Å². The molecule has 0 saturated heterocycles. The summed E-state index contributed by atoms with van der Waals surface area (Å²) in [6.45, 7) is 3.56. The number of aryl methyl sites for hydroxylation is 1. The van der Waals surface area contributed by atoms with E-state index in [-0.39, 0.29) is 0 Å². The van der Waals surface area contributed by atoms with E-state index in [1.807, 2.05) is 6.08 Å². The number of nitrogens with zero attached hydrogens (tertiary/aromatic N) is 2. The van der Waals surface area contributed by atoms with Crippen molar-refractivity contribution in [1.82, 2.24) is 19.8 Å². The largest absolute Gasteiger partial charge is 0.380 e. The molecule has 0 aromatic carbocycles. The number of ether oxygens (including phenoxy) is 1. The highest BCUT2D eigenvalue weighted by Crippen LogP contribution is 2.25. The molecule has 21 heavy (non-hydrogen) atoms. The summed E-state index contributed by atoms with van der Waals surface area (Å²) in [5.74, 6) is 0. The predicted molar refractivity (Wildman–Crippen MR) is 79.4 cm³/mol. The lowest BCUT2D eigenvalue weighted by atomic mass is 10.1. The van der Waals surface area contributed by atoms with Gasteiger partial charge in [-0.1, -0.05) is 6.08 Å². The number of nitrogens with one attached hydrogen (secondary N) is 2. The van der Waals surface area contributed by atoms with Crippen molar-refractivity contribution >= 4 is 10.0 Å². The van der Waals surface area contributed by atoms with Crippen LogP contribution in [-0.4, -0.2) is 56.8 Å². The molecule has 0 unspecified atom stereocenters. The monoisotopic (exact) mass is 314 g/mol. The Morgan fingerprint density at radius 3 is 2.86 bits per heavy atom. The summed E-state index contributed by atoms with van der Waals surface area (Å²) in [4.78, 5) is 0.292. The third-order valence-corrected chi connectivity index (χ3v) is 5.57. The Kier molecular flexibility index (Phi) is 5.15. The van der Waals surface area contributed by atoms with Crippen molar-refractivity contribution in [3.05, 3.63) is 23.0 Å². The maximum Gasteiger partial charge on any atom is 0.247 e. The molecule has 8 heteroatoms. The highest BCUT2D eigenvalue weighted by atomic mass is 32.2. The molecule has 1 aromatic rings. The Labute approximate surface area is 125 Å². The second kappa shape index (κ2) is 6.69. The molecule has 0 radical (unpaired) electrons. The third-order valence-electron chi connectivity index (χ3n) is 3.50. The summed E-state index contributed by atoms with van der Waals surface area (Å²) < 4.78 is 32.2. The predicted octanol–water partition coefficient (Wildman–Crippen LogP) is 0.405. The van der Waals surface area contributed by atoms with Gasteiger partial charge in [-0.3, -0.25) is 5.10 Å². The third kappa shape index (κ3) is 3.34. The van der Waals surface area contributed by atoms with Gasteiger partial charge in [0, 0.05) is 26.7 Å². The number of rotatable bonds is 6. The fraction of sp³-hybridized carbons (Fsp3) is 0.615. The molecular weight excluding hydrogens is 292 g/mol. The molecule has 0 amide bonds. The lowest BCUT2D eigenvalue weighted by Gasteiger charge is -2.25. The SMILES string of the molecule is CNCc1n[nH]c(C)c1S(=O)(=O)N1CC=C(COC)CC1. The van der Waals surface area contributed by atoms with Gasteiger partial charge in [-0.05, 0) is 26.0 Å². The Hall–Kier alpha value is -1.22. The van der Waals surface area contributed by atoms with E-state index in [1.165, 1.54) is 4.31 Å². The minimum atomic E-state index is -3.53. The first-order chi connectivity index (χ1) is 10.0. The van der Waals surface area contributed by atoms with Gasteiger partial charge in [-0.25, -0.2) is 8.42 Å². The molecule has 1 aromatic heterocycles. The van der Waals surface area contributed by atoms with E-state index in [2.05, 4.69) is 15.5 Å². The lowest BCUT2D eigenvalue weighted by Crippen LogP contribution is -2.36. The number of aromatic nitrogens is 2. The fourth-order valence-corrected chi connectivity index (χ4v) is 4.16. The first-order valence-corrected chi connectivity index (χ1v) is 8.30. The number of sulfonamides is 1. The van der Waals surface area contributed by atoms with Crippen LogP contribution >= 0.6 is 0 Å². The molecule has 2 heterocycles. The van der Waals surface area contributed by atoms with Gasteiger partial charge in [-0.15, -0.1) is 0 Å². The van der Waals surface area contributed by atoms with Crippen LogP contribution < -0.4 is 5.32 Å². The quantitative estimate of drug-likeness (QED) is 0.742. The number of H-pyrrole nitrogens is 1. The zero-order valence-electron chi connectivity index (χ0n) is 12.6. The smallest absolute Gasteiger partial charge is 0.247 e. The first-order valence-electron chi connectivity index (χ1n) is 6.86. The van der Waals surface area contributed by atoms with Gasteiger partial charge in [0.15, 0.2) is 0 Å². The van der Waals surface area contributed by atoms with Crippen molar-refractivity contribution in [3.63, 3.8) is 0 Å². The molecule has 0 atom stereocenters. The van der Waals surface area contributed by atoms with Crippen molar-refractivity contribution in [2.45, 2.75) is 24.8 Å². The van der Waals surface area contributed by atoms with Crippen LogP contribution in [0.5, 0.6) is 0 Å². The van der Waals surface area contributed by atoms with Crippen molar-refractivity contribution in [2.24, 2.45) is 0 Å². The van der Waals surface area contributed by atoms with E-state index in [0.29, 0.717) is 48.9 Å². The summed E-state index contributed by atoms with van der Waals surface area (Å²) in [6.07, 6.45) is 2.63. The summed E-state index contributed by atoms with van der Waals surface area (Å²) in [7, 11) is -0.120. The molecule has 7 nitrogen and oxygen atoms in total. The van der Waals surface area contributed by atoms with Gasteiger partial charge in [0.05, 0.1) is 18.0 Å². The standard InChI is InChI=1S/C13H22N4O3S/c1-10-13(12(8-14-2)16-15-10)21(18,19)17-6-4-11(5-7-17)9-20-3/h4,14H,5-9H2,1-3H3,(H,15,16). The molecule has 1 aliphatic rings. The molecule has 0 saturated carbocycles. The number of hydrogen-bond donors (Lipinski definition) is 2. The van der Waals surface area contributed by atoms with Gasteiger partial charge in [0.25, 0.3) is 0 Å². The van der Waals surface area contributed by atoms with Crippen LogP contribution in [0.25, 0.3) is 0 Å². The number of methoxy groups -OCH3 is 1. The van der Waals surface area contributed by atoms with Crippen molar-refractivity contribution < 1.29 is 13.2 Å². The van der Waals surface area contributed by atoms with Crippen LogP contribution in [0.3, 0.4) is 0 Å². The van der Waals surface area contributed by atoms with Crippen LogP contribution in [0, 0.1) is 6.92 Å². The maximum absolute atomic E-state index is 12.8. The van der Waals surface area contributed by atoms with Gasteiger partial charge >= 0.3 is 0 Å². The van der Waals surface area contributed by atoms with Gasteiger partial charge < -0.3 is 10.1 Å². The van der Waals surface area contributed by atoms with Crippen LogP contribution in [-0.2, 0) is 21.3 Å². The molecule has 118 valence electrons. The van der Waals surface area contributed by atoms with Crippen molar-refractivity contribution in [2.75, 3.05) is 33.9 Å². The summed E-state index contributed by atoms with van der Waals surface area (Å²) in [6, 6.07) is 0. The normalized spacial score (nSPS) is 17.0. The van der Waals surface area contributed by atoms with E-state index in [1.54, 1.807) is 21.1 Å². The van der Waals surface area contributed by atoms with Crippen LogP contribution in [0.15, 0.2) is 16.5 Å². The highest BCUT2D eigenvalue weighted by molar-refractivity contribution is 7.89. The van der Waals surface area contributed by atoms with Gasteiger partial charge in [0.2, 0.25) is 10.0 Å². The second-order valence-corrected chi connectivity index (χ2v) is 6.94. The maximum atomic E-state index is 12.8. The lowest BCUT2D eigenvalue weighted by molar-refractivity contribution is 0.219.